The SMILES string of the molecule is CCNc1ncc(C(=O)NC2CCN(C)C(C)C2)cc1Cl. The normalized spacial score (nSPS) is 22.9. The van der Waals surface area contributed by atoms with Crippen molar-refractivity contribution in [2.45, 2.75) is 38.8 Å². The minimum atomic E-state index is -0.103. The minimum absolute atomic E-state index is 0.103. The molecule has 1 aromatic heterocycles. The molecule has 1 aromatic rings. The Kier molecular flexibility index (Phi) is 5.42. The second-order valence-electron chi connectivity index (χ2n) is 5.61. The first-order valence-electron chi connectivity index (χ1n) is 7.41. The summed E-state index contributed by atoms with van der Waals surface area (Å²) in [7, 11) is 2.12. The van der Waals surface area contributed by atoms with Crippen molar-refractivity contribution in [3.63, 3.8) is 0 Å². The van der Waals surface area contributed by atoms with E-state index in [-0.39, 0.29) is 11.9 Å². The van der Waals surface area contributed by atoms with Crippen molar-refractivity contribution in [1.82, 2.24) is 15.2 Å². The molecule has 2 rings (SSSR count). The number of nitrogens with zero attached hydrogens (tertiary/aromatic N) is 2. The van der Waals surface area contributed by atoms with Crippen molar-refractivity contribution in [1.29, 1.82) is 0 Å². The lowest BCUT2D eigenvalue weighted by atomic mass is 9.98. The molecule has 1 fully saturated rings. The van der Waals surface area contributed by atoms with Gasteiger partial charge in [-0.15, -0.1) is 0 Å². The number of halogens is 1. The lowest BCUT2D eigenvalue weighted by Crippen LogP contribution is -2.47. The zero-order valence-corrected chi connectivity index (χ0v) is 13.6. The Hall–Kier alpha value is -1.33. The first-order chi connectivity index (χ1) is 10.0. The number of amides is 1. The largest absolute Gasteiger partial charge is 0.369 e. The number of likely N-dealkylation sites (tertiary alicyclic amines) is 1. The van der Waals surface area contributed by atoms with Gasteiger partial charge in [-0.25, -0.2) is 4.98 Å². The van der Waals surface area contributed by atoms with Crippen molar-refractivity contribution in [3.05, 3.63) is 22.8 Å². The molecule has 21 heavy (non-hydrogen) atoms. The Balaban J connectivity index is 1.99. The number of aromatic nitrogens is 1. The number of carbonyl (C=O) groups excluding carboxylic acids is 1. The molecule has 1 aliphatic rings. The maximum absolute atomic E-state index is 12.3. The molecule has 116 valence electrons. The van der Waals surface area contributed by atoms with Crippen LogP contribution in [-0.4, -0.2) is 48.0 Å². The monoisotopic (exact) mass is 310 g/mol. The minimum Gasteiger partial charge on any atom is -0.369 e. The molecular weight excluding hydrogens is 288 g/mol. The van der Waals surface area contributed by atoms with E-state index in [2.05, 4.69) is 34.5 Å². The van der Waals surface area contributed by atoms with E-state index >= 15 is 0 Å². The zero-order valence-electron chi connectivity index (χ0n) is 12.8. The van der Waals surface area contributed by atoms with Crippen LogP contribution in [0.4, 0.5) is 5.82 Å². The molecule has 6 heteroatoms. The van der Waals surface area contributed by atoms with Crippen LogP contribution in [0.3, 0.4) is 0 Å². The quantitative estimate of drug-likeness (QED) is 0.896. The number of hydrogen-bond acceptors (Lipinski definition) is 4. The summed E-state index contributed by atoms with van der Waals surface area (Å²) in [6.45, 7) is 5.90. The second kappa shape index (κ2) is 7.09. The zero-order chi connectivity index (χ0) is 15.4. The molecule has 0 spiro atoms. The van der Waals surface area contributed by atoms with Gasteiger partial charge in [0.15, 0.2) is 0 Å². The molecule has 0 aromatic carbocycles. The van der Waals surface area contributed by atoms with Crippen molar-refractivity contribution in [2.75, 3.05) is 25.5 Å². The molecule has 1 saturated heterocycles. The van der Waals surface area contributed by atoms with Gasteiger partial charge in [0.25, 0.3) is 5.91 Å². The van der Waals surface area contributed by atoms with E-state index in [4.69, 9.17) is 11.6 Å². The summed E-state index contributed by atoms with van der Waals surface area (Å²) in [6.07, 6.45) is 3.51. The molecule has 0 saturated carbocycles. The second-order valence-corrected chi connectivity index (χ2v) is 6.02. The van der Waals surface area contributed by atoms with E-state index in [0.29, 0.717) is 22.4 Å². The molecule has 1 amide bonds. The number of carbonyl (C=O) groups is 1. The number of anilines is 1. The standard InChI is InChI=1S/C15H23ClN4O/c1-4-17-14-13(16)8-11(9-18-14)15(21)19-12-5-6-20(3)10(2)7-12/h8-10,12H,4-7H2,1-3H3,(H,17,18)(H,19,21). The summed E-state index contributed by atoms with van der Waals surface area (Å²) in [4.78, 5) is 18.8. The first kappa shape index (κ1) is 16.0. The van der Waals surface area contributed by atoms with Gasteiger partial charge in [-0.2, -0.15) is 0 Å². The van der Waals surface area contributed by atoms with E-state index in [1.54, 1.807) is 12.3 Å². The molecule has 2 N–H and O–H groups in total. The maximum Gasteiger partial charge on any atom is 0.253 e. The predicted octanol–water partition coefficient (Wildman–Crippen LogP) is 2.38. The van der Waals surface area contributed by atoms with E-state index in [1.165, 1.54) is 0 Å². The summed E-state index contributed by atoms with van der Waals surface area (Å²) in [6, 6.07) is 2.37. The summed E-state index contributed by atoms with van der Waals surface area (Å²) >= 11 is 6.13. The fourth-order valence-electron chi connectivity index (χ4n) is 2.55. The van der Waals surface area contributed by atoms with Crippen LogP contribution in [0.15, 0.2) is 12.3 Å². The molecule has 0 bridgehead atoms. The lowest BCUT2D eigenvalue weighted by Gasteiger charge is -2.35. The number of nitrogens with one attached hydrogen (secondary N) is 2. The Bertz CT molecular complexity index is 508. The van der Waals surface area contributed by atoms with Gasteiger partial charge in [0.2, 0.25) is 0 Å². The van der Waals surface area contributed by atoms with Crippen LogP contribution in [0.1, 0.15) is 37.0 Å². The predicted molar refractivity (Wildman–Crippen MR) is 86.0 cm³/mol. The molecule has 0 radical (unpaired) electrons. The van der Waals surface area contributed by atoms with Gasteiger partial charge >= 0.3 is 0 Å². The summed E-state index contributed by atoms with van der Waals surface area (Å²) in [5.41, 5.74) is 0.508. The molecule has 5 nitrogen and oxygen atoms in total. The topological polar surface area (TPSA) is 57.3 Å². The number of pyridine rings is 1. The average Bonchev–Trinajstić information content (AvgIpc) is 2.45. The third-order valence-electron chi connectivity index (χ3n) is 3.99. The third-order valence-corrected chi connectivity index (χ3v) is 4.28. The van der Waals surface area contributed by atoms with Gasteiger partial charge in [-0.1, -0.05) is 11.6 Å². The van der Waals surface area contributed by atoms with Crippen LogP contribution in [0, 0.1) is 0 Å². The number of rotatable bonds is 4. The fraction of sp³-hybridized carbons (Fsp3) is 0.600. The van der Waals surface area contributed by atoms with Crippen LogP contribution < -0.4 is 10.6 Å². The summed E-state index contributed by atoms with van der Waals surface area (Å²) in [5, 5.41) is 6.61. The lowest BCUT2D eigenvalue weighted by molar-refractivity contribution is 0.0896. The molecule has 2 heterocycles. The van der Waals surface area contributed by atoms with Crippen LogP contribution in [-0.2, 0) is 0 Å². The van der Waals surface area contributed by atoms with E-state index < -0.39 is 0 Å². The fourth-order valence-corrected chi connectivity index (χ4v) is 2.78. The Labute approximate surface area is 131 Å². The van der Waals surface area contributed by atoms with Crippen LogP contribution in [0.5, 0.6) is 0 Å². The molecule has 0 aliphatic carbocycles. The third kappa shape index (κ3) is 4.08. The van der Waals surface area contributed by atoms with Crippen molar-refractivity contribution < 1.29 is 4.79 Å². The molecule has 2 atom stereocenters. The van der Waals surface area contributed by atoms with Gasteiger partial charge in [0.1, 0.15) is 5.82 Å². The summed E-state index contributed by atoms with van der Waals surface area (Å²) < 4.78 is 0. The van der Waals surface area contributed by atoms with Crippen LogP contribution in [0.25, 0.3) is 0 Å². The molecular formula is C15H23ClN4O. The highest BCUT2D eigenvalue weighted by molar-refractivity contribution is 6.33. The molecule has 1 aliphatic heterocycles. The Morgan fingerprint density at radius 3 is 2.95 bits per heavy atom. The number of hydrogen-bond donors (Lipinski definition) is 2. The average molecular weight is 311 g/mol. The Morgan fingerprint density at radius 1 is 1.57 bits per heavy atom. The maximum atomic E-state index is 12.3. The number of piperidine rings is 1. The molecule has 2 unspecified atom stereocenters. The van der Waals surface area contributed by atoms with Crippen LogP contribution >= 0.6 is 11.6 Å². The van der Waals surface area contributed by atoms with E-state index in [9.17, 15) is 4.79 Å². The smallest absolute Gasteiger partial charge is 0.253 e. The van der Waals surface area contributed by atoms with Gasteiger partial charge in [-0.05, 0) is 39.8 Å². The highest BCUT2D eigenvalue weighted by atomic mass is 35.5. The van der Waals surface area contributed by atoms with Crippen molar-refractivity contribution in [3.8, 4) is 0 Å². The van der Waals surface area contributed by atoms with E-state index in [1.807, 2.05) is 6.92 Å². The van der Waals surface area contributed by atoms with Gasteiger partial charge in [0, 0.05) is 31.4 Å². The highest BCUT2D eigenvalue weighted by Crippen LogP contribution is 2.20. The van der Waals surface area contributed by atoms with Crippen LogP contribution in [0.2, 0.25) is 5.02 Å². The first-order valence-corrected chi connectivity index (χ1v) is 7.79. The van der Waals surface area contributed by atoms with Gasteiger partial charge in [0.05, 0.1) is 10.6 Å². The van der Waals surface area contributed by atoms with E-state index in [0.717, 1.165) is 25.9 Å². The van der Waals surface area contributed by atoms with Crippen molar-refractivity contribution >= 4 is 23.3 Å². The Morgan fingerprint density at radius 2 is 2.33 bits per heavy atom. The summed E-state index contributed by atoms with van der Waals surface area (Å²) in [5.74, 6) is 0.512. The van der Waals surface area contributed by atoms with Crippen molar-refractivity contribution in [2.24, 2.45) is 0 Å². The van der Waals surface area contributed by atoms with Gasteiger partial charge < -0.3 is 15.5 Å². The highest BCUT2D eigenvalue weighted by Gasteiger charge is 2.24. The van der Waals surface area contributed by atoms with Gasteiger partial charge in [-0.3, -0.25) is 4.79 Å².